The van der Waals surface area contributed by atoms with Crippen LogP contribution >= 0.6 is 7.82 Å². The van der Waals surface area contributed by atoms with Crippen molar-refractivity contribution in [3.05, 3.63) is 0 Å². The van der Waals surface area contributed by atoms with E-state index < -0.39 is 19.8 Å². The number of carbonyl (C=O) groups excluding carboxylic acids is 1. The van der Waals surface area contributed by atoms with Crippen molar-refractivity contribution in [3.8, 4) is 0 Å². The number of carbonyl (C=O) groups is 1. The van der Waals surface area contributed by atoms with Crippen LogP contribution in [0.15, 0.2) is 0 Å². The lowest BCUT2D eigenvalue weighted by atomic mass is 10.4. The molecule has 0 rings (SSSR count). The highest BCUT2D eigenvalue weighted by atomic mass is 31.2. The molecule has 0 radical (unpaired) electrons. The van der Waals surface area contributed by atoms with Crippen molar-refractivity contribution in [2.24, 2.45) is 17.5 Å². The van der Waals surface area contributed by atoms with E-state index in [0.29, 0.717) is 0 Å². The van der Waals surface area contributed by atoms with Gasteiger partial charge in [0.2, 0.25) is 0 Å². The Labute approximate surface area is 68.4 Å². The zero-order valence-electron chi connectivity index (χ0n) is 6.30. The van der Waals surface area contributed by atoms with E-state index in [0.717, 1.165) is 0 Å². The average molecular weight is 199 g/mol. The minimum atomic E-state index is -4.17. The summed E-state index contributed by atoms with van der Waals surface area (Å²) in [6.07, 6.45) is 0. The van der Waals surface area contributed by atoms with Gasteiger partial charge in [0.05, 0.1) is 0 Å². The van der Waals surface area contributed by atoms with Gasteiger partial charge < -0.3 is 10.3 Å². The van der Waals surface area contributed by atoms with Gasteiger partial charge in [0.25, 0.3) is 0 Å². The van der Waals surface area contributed by atoms with E-state index in [1.807, 2.05) is 0 Å². The van der Waals surface area contributed by atoms with Crippen LogP contribution in [0.25, 0.3) is 0 Å². The zero-order valence-corrected chi connectivity index (χ0v) is 7.19. The van der Waals surface area contributed by atoms with Gasteiger partial charge in [0, 0.05) is 0 Å². The Kier molecular flexibility index (Phi) is 4.32. The van der Waals surface area contributed by atoms with E-state index >= 15 is 0 Å². The quantitative estimate of drug-likeness (QED) is 0.377. The molecule has 12 heavy (non-hydrogen) atoms. The average Bonchev–Trinajstić information content (AvgIpc) is 2.04. The van der Waals surface area contributed by atoms with Crippen molar-refractivity contribution >= 4 is 13.8 Å². The fourth-order valence-electron chi connectivity index (χ4n) is 0.261. The molecule has 0 aliphatic heterocycles. The fraction of sp³-hybridized carbons (Fsp3) is 0.667. The van der Waals surface area contributed by atoms with Gasteiger partial charge in [-0.3, -0.25) is 0 Å². The van der Waals surface area contributed by atoms with E-state index in [4.69, 9.17) is 5.73 Å². The van der Waals surface area contributed by atoms with E-state index in [9.17, 15) is 9.36 Å². The van der Waals surface area contributed by atoms with Crippen LogP contribution in [0, 0.1) is 0 Å². The molecule has 0 unspecified atom stereocenters. The van der Waals surface area contributed by atoms with Crippen LogP contribution in [0.4, 0.5) is 0 Å². The van der Waals surface area contributed by atoms with E-state index in [1.165, 1.54) is 6.92 Å². The summed E-state index contributed by atoms with van der Waals surface area (Å²) >= 11 is 0. The number of phosphoric acid groups is 1. The summed E-state index contributed by atoms with van der Waals surface area (Å²) in [6.45, 7) is 1.32. The molecule has 0 fully saturated rings. The highest BCUT2D eigenvalue weighted by Gasteiger charge is 2.31. The minimum Gasteiger partial charge on any atom is -0.367 e. The predicted octanol–water partition coefficient (Wildman–Crippen LogP) is -1.23. The SMILES string of the molecule is C[C@@H](N)C(=O)OP(=O)(ON)ON. The van der Waals surface area contributed by atoms with E-state index in [2.05, 4.69) is 25.6 Å². The third-order valence-corrected chi connectivity index (χ3v) is 1.75. The highest BCUT2D eigenvalue weighted by molar-refractivity contribution is 7.48. The minimum absolute atomic E-state index is 0.969. The summed E-state index contributed by atoms with van der Waals surface area (Å²) in [7, 11) is -4.17. The number of hydrogen-bond donors (Lipinski definition) is 3. The molecule has 0 aromatic carbocycles. The Hall–Kier alpha value is -0.500. The van der Waals surface area contributed by atoms with Gasteiger partial charge >= 0.3 is 13.8 Å². The monoisotopic (exact) mass is 199 g/mol. The standard InChI is InChI=1S/C3H10N3O5P/c1-2(4)3(7)9-12(8,10-5)11-6/h2H,4-6H2,1H3/t2-/m1/s1. The second-order valence-electron chi connectivity index (χ2n) is 1.86. The van der Waals surface area contributed by atoms with Gasteiger partial charge in [-0.15, -0.1) is 0 Å². The molecule has 0 spiro atoms. The molecular weight excluding hydrogens is 189 g/mol. The lowest BCUT2D eigenvalue weighted by Gasteiger charge is -2.12. The van der Waals surface area contributed by atoms with Crippen molar-refractivity contribution in [2.75, 3.05) is 0 Å². The molecule has 0 amide bonds. The third kappa shape index (κ3) is 3.26. The van der Waals surface area contributed by atoms with Crippen molar-refractivity contribution in [1.82, 2.24) is 0 Å². The first-order chi connectivity index (χ1) is 5.45. The van der Waals surface area contributed by atoms with Gasteiger partial charge in [0.1, 0.15) is 6.04 Å². The maximum Gasteiger partial charge on any atom is 0.565 e. The molecule has 0 heterocycles. The van der Waals surface area contributed by atoms with Crippen molar-refractivity contribution in [2.45, 2.75) is 13.0 Å². The maximum absolute atomic E-state index is 10.9. The molecule has 1 atom stereocenters. The van der Waals surface area contributed by atoms with Crippen molar-refractivity contribution in [1.29, 1.82) is 0 Å². The predicted molar refractivity (Wildman–Crippen MR) is 37.9 cm³/mol. The largest absolute Gasteiger partial charge is 0.565 e. The fourth-order valence-corrected chi connectivity index (χ4v) is 0.784. The Balaban J connectivity index is 4.23. The Morgan fingerprint density at radius 1 is 1.42 bits per heavy atom. The normalized spacial score (nSPS) is 14.0. The molecule has 9 heteroatoms. The second kappa shape index (κ2) is 4.51. The summed E-state index contributed by atoms with van der Waals surface area (Å²) in [4.78, 5) is 10.7. The molecule has 6 N–H and O–H groups in total. The first kappa shape index (κ1) is 11.5. The number of rotatable bonds is 4. The van der Waals surface area contributed by atoms with Crippen LogP contribution < -0.4 is 17.5 Å². The van der Waals surface area contributed by atoms with E-state index in [-0.39, 0.29) is 0 Å². The van der Waals surface area contributed by atoms with Gasteiger partial charge in [-0.1, -0.05) is 0 Å². The molecule has 0 aromatic heterocycles. The molecule has 8 nitrogen and oxygen atoms in total. The summed E-state index contributed by atoms with van der Waals surface area (Å²) in [6, 6.07) is -0.969. The van der Waals surface area contributed by atoms with Crippen LogP contribution in [0.1, 0.15) is 6.92 Å². The van der Waals surface area contributed by atoms with Gasteiger partial charge in [0.15, 0.2) is 0 Å². The summed E-state index contributed by atoms with van der Waals surface area (Å²) in [5.74, 6) is 7.97. The Morgan fingerprint density at radius 2 is 1.83 bits per heavy atom. The molecular formula is C3H10N3O5P. The lowest BCUT2D eigenvalue weighted by molar-refractivity contribution is -0.137. The summed E-state index contributed by atoms with van der Waals surface area (Å²) < 4.78 is 22.4. The van der Waals surface area contributed by atoms with Gasteiger partial charge in [-0.05, 0) is 6.92 Å². The first-order valence-corrected chi connectivity index (χ1v) is 4.27. The van der Waals surface area contributed by atoms with Crippen LogP contribution in [0.3, 0.4) is 0 Å². The van der Waals surface area contributed by atoms with Crippen molar-refractivity contribution in [3.63, 3.8) is 0 Å². The smallest absolute Gasteiger partial charge is 0.367 e. The molecule has 0 aliphatic rings. The molecule has 0 bridgehead atoms. The summed E-state index contributed by atoms with van der Waals surface area (Å²) in [5.41, 5.74) is 5.06. The number of nitrogens with two attached hydrogens (primary N) is 3. The Morgan fingerprint density at radius 3 is 2.08 bits per heavy atom. The van der Waals surface area contributed by atoms with Crippen LogP contribution in [0.5, 0.6) is 0 Å². The van der Waals surface area contributed by atoms with Gasteiger partial charge in [-0.2, -0.15) is 9.25 Å². The maximum atomic E-state index is 10.9. The molecule has 0 aliphatic carbocycles. The molecule has 0 saturated heterocycles. The van der Waals surface area contributed by atoms with Gasteiger partial charge in [-0.25, -0.2) is 21.2 Å². The Bertz CT molecular complexity index is 198. The highest BCUT2D eigenvalue weighted by Crippen LogP contribution is 2.45. The molecule has 0 saturated carbocycles. The topological polar surface area (TPSA) is 140 Å². The molecule has 72 valence electrons. The van der Waals surface area contributed by atoms with Crippen molar-refractivity contribution < 1.29 is 23.1 Å². The third-order valence-electron chi connectivity index (χ3n) is 0.832. The summed E-state index contributed by atoms with van der Waals surface area (Å²) in [5, 5.41) is 0. The second-order valence-corrected chi connectivity index (χ2v) is 3.36. The number of hydrogen-bond acceptors (Lipinski definition) is 8. The van der Waals surface area contributed by atoms with Crippen LogP contribution in [0.2, 0.25) is 0 Å². The zero-order chi connectivity index (χ0) is 9.78. The van der Waals surface area contributed by atoms with Crippen LogP contribution in [-0.2, 0) is 23.1 Å². The first-order valence-electron chi connectivity index (χ1n) is 2.81. The molecule has 0 aromatic rings. The van der Waals surface area contributed by atoms with Crippen LogP contribution in [-0.4, -0.2) is 12.0 Å². The van der Waals surface area contributed by atoms with E-state index in [1.54, 1.807) is 0 Å². The lowest BCUT2D eigenvalue weighted by Crippen LogP contribution is -2.29.